The van der Waals surface area contributed by atoms with Gasteiger partial charge in [-0.15, -0.1) is 0 Å². The fourth-order valence-electron chi connectivity index (χ4n) is 4.54. The fraction of sp³-hybridized carbons (Fsp3) is 0.345. The van der Waals surface area contributed by atoms with Gasteiger partial charge in [0.15, 0.2) is 5.76 Å². The number of hydrogen-bond acceptors (Lipinski definition) is 5. The maximum atomic E-state index is 13.2. The summed E-state index contributed by atoms with van der Waals surface area (Å²) < 4.78 is 10.5. The Hall–Kier alpha value is -3.87. The van der Waals surface area contributed by atoms with Crippen molar-refractivity contribution >= 4 is 23.5 Å². The topological polar surface area (TPSA) is 80.1 Å². The van der Waals surface area contributed by atoms with Gasteiger partial charge in [-0.1, -0.05) is 42.0 Å². The van der Waals surface area contributed by atoms with E-state index in [-0.39, 0.29) is 35.9 Å². The summed E-state index contributed by atoms with van der Waals surface area (Å²) in [5.74, 6) is -0.464. The molecule has 4 rings (SSSR count). The summed E-state index contributed by atoms with van der Waals surface area (Å²) >= 11 is 0. The minimum absolute atomic E-state index is 0.0139. The van der Waals surface area contributed by atoms with E-state index in [4.69, 9.17) is 9.15 Å². The normalized spacial score (nSPS) is 15.4. The molecule has 0 N–H and O–H groups in total. The molecule has 0 spiro atoms. The average molecular weight is 489 g/mol. The summed E-state index contributed by atoms with van der Waals surface area (Å²) in [5.41, 5.74) is 3.70. The fourth-order valence-corrected chi connectivity index (χ4v) is 4.54. The zero-order valence-corrected chi connectivity index (χ0v) is 20.8. The molecular formula is C29H32N2O5. The number of aryl methyl sites for hydroxylation is 1. The molecule has 0 radical (unpaired) electrons. The van der Waals surface area contributed by atoms with Crippen LogP contribution in [-0.2, 0) is 27.3 Å². The first-order valence-corrected chi connectivity index (χ1v) is 12.4. The van der Waals surface area contributed by atoms with Crippen LogP contribution in [0.25, 0.3) is 0 Å². The number of furan rings is 1. The number of ether oxygens (including phenoxy) is 1. The van der Waals surface area contributed by atoms with Crippen molar-refractivity contribution < 1.29 is 23.5 Å². The highest BCUT2D eigenvalue weighted by Gasteiger charge is 2.29. The molecule has 0 bridgehead atoms. The molecule has 2 heterocycles. The third-order valence-corrected chi connectivity index (χ3v) is 6.40. The Kier molecular flexibility index (Phi) is 8.21. The van der Waals surface area contributed by atoms with Crippen LogP contribution in [0.3, 0.4) is 0 Å². The molecule has 188 valence electrons. The maximum Gasteiger partial charge on any atom is 0.310 e. The number of nitrogens with zero attached hydrogens (tertiary/aromatic N) is 2. The van der Waals surface area contributed by atoms with Gasteiger partial charge in [-0.3, -0.25) is 14.4 Å². The third-order valence-electron chi connectivity index (χ3n) is 6.40. The SMILES string of the molecule is CCOC(=O)C1CCCN(C(=O)Cc2ccc(N(Cc3cccc(C)c3)C(=O)c3ccco3)cc2)C1. The Bertz CT molecular complexity index is 1190. The second-order valence-corrected chi connectivity index (χ2v) is 9.13. The summed E-state index contributed by atoms with van der Waals surface area (Å²) in [4.78, 5) is 41.7. The van der Waals surface area contributed by atoms with E-state index < -0.39 is 0 Å². The van der Waals surface area contributed by atoms with E-state index >= 15 is 0 Å². The number of hydrogen-bond donors (Lipinski definition) is 0. The van der Waals surface area contributed by atoms with Crippen molar-refractivity contribution in [3.8, 4) is 0 Å². The first-order valence-electron chi connectivity index (χ1n) is 12.4. The maximum absolute atomic E-state index is 13.2. The number of carbonyl (C=O) groups is 3. The molecule has 2 amide bonds. The molecule has 1 aromatic heterocycles. The van der Waals surface area contributed by atoms with Crippen LogP contribution >= 0.6 is 0 Å². The van der Waals surface area contributed by atoms with Crippen LogP contribution in [0.15, 0.2) is 71.3 Å². The lowest BCUT2D eigenvalue weighted by molar-refractivity contribution is -0.151. The van der Waals surface area contributed by atoms with Crippen LogP contribution < -0.4 is 4.90 Å². The van der Waals surface area contributed by atoms with Crippen molar-refractivity contribution in [1.82, 2.24) is 4.90 Å². The number of carbonyl (C=O) groups excluding carboxylic acids is 3. The smallest absolute Gasteiger partial charge is 0.310 e. The predicted molar refractivity (Wildman–Crippen MR) is 136 cm³/mol. The lowest BCUT2D eigenvalue weighted by Crippen LogP contribution is -2.43. The molecule has 1 aliphatic heterocycles. The van der Waals surface area contributed by atoms with Gasteiger partial charge < -0.3 is 19.0 Å². The van der Waals surface area contributed by atoms with Gasteiger partial charge in [-0.25, -0.2) is 0 Å². The summed E-state index contributed by atoms with van der Waals surface area (Å²) in [6, 6.07) is 18.8. The average Bonchev–Trinajstić information content (AvgIpc) is 3.43. The molecule has 2 aromatic carbocycles. The minimum atomic E-state index is -0.257. The highest BCUT2D eigenvalue weighted by atomic mass is 16.5. The molecule has 0 saturated carbocycles. The van der Waals surface area contributed by atoms with Gasteiger partial charge in [0.2, 0.25) is 5.91 Å². The minimum Gasteiger partial charge on any atom is -0.466 e. The second kappa shape index (κ2) is 11.7. The van der Waals surface area contributed by atoms with Crippen LogP contribution in [0, 0.1) is 12.8 Å². The molecular weight excluding hydrogens is 456 g/mol. The van der Waals surface area contributed by atoms with E-state index in [9.17, 15) is 14.4 Å². The van der Waals surface area contributed by atoms with E-state index in [2.05, 4.69) is 6.07 Å². The van der Waals surface area contributed by atoms with Gasteiger partial charge >= 0.3 is 5.97 Å². The Labute approximate surface area is 211 Å². The summed E-state index contributed by atoms with van der Waals surface area (Å²) in [6.07, 6.45) is 3.26. The van der Waals surface area contributed by atoms with Crippen LogP contribution in [0.1, 0.15) is 47.0 Å². The molecule has 1 saturated heterocycles. The van der Waals surface area contributed by atoms with Crippen LogP contribution in [0.4, 0.5) is 5.69 Å². The summed E-state index contributed by atoms with van der Waals surface area (Å²) in [5, 5.41) is 0. The first-order chi connectivity index (χ1) is 17.4. The summed E-state index contributed by atoms with van der Waals surface area (Å²) in [7, 11) is 0. The quantitative estimate of drug-likeness (QED) is 0.427. The lowest BCUT2D eigenvalue weighted by Gasteiger charge is -2.31. The molecule has 7 nitrogen and oxygen atoms in total. The van der Waals surface area contributed by atoms with Gasteiger partial charge in [0.1, 0.15) is 0 Å². The summed E-state index contributed by atoms with van der Waals surface area (Å²) in [6.45, 7) is 5.59. The zero-order valence-electron chi connectivity index (χ0n) is 20.8. The van der Waals surface area contributed by atoms with Crippen molar-refractivity contribution in [3.63, 3.8) is 0 Å². The molecule has 0 aliphatic carbocycles. The van der Waals surface area contributed by atoms with Crippen molar-refractivity contribution in [2.75, 3.05) is 24.6 Å². The van der Waals surface area contributed by atoms with Gasteiger partial charge in [-0.2, -0.15) is 0 Å². The number of likely N-dealkylation sites (tertiary alicyclic amines) is 1. The van der Waals surface area contributed by atoms with Gasteiger partial charge in [0.25, 0.3) is 5.91 Å². The molecule has 3 aromatic rings. The monoisotopic (exact) mass is 488 g/mol. The van der Waals surface area contributed by atoms with Crippen molar-refractivity contribution in [2.24, 2.45) is 5.92 Å². The van der Waals surface area contributed by atoms with Crippen LogP contribution in [-0.4, -0.2) is 42.4 Å². The number of esters is 1. The van der Waals surface area contributed by atoms with Gasteiger partial charge in [0, 0.05) is 18.8 Å². The van der Waals surface area contributed by atoms with Crippen molar-refractivity contribution in [2.45, 2.75) is 39.7 Å². The second-order valence-electron chi connectivity index (χ2n) is 9.13. The number of piperidine rings is 1. The number of benzene rings is 2. The standard InChI is InChI=1S/C29H32N2O5/c1-3-35-29(34)24-9-5-15-30(20-24)27(32)18-22-11-13-25(14-12-22)31(28(33)26-10-6-16-36-26)19-23-8-4-7-21(2)17-23/h4,6-8,10-14,16-17,24H,3,5,9,15,18-20H2,1-2H3. The van der Waals surface area contributed by atoms with Crippen molar-refractivity contribution in [3.05, 3.63) is 89.4 Å². The molecule has 1 fully saturated rings. The third kappa shape index (κ3) is 6.22. The molecule has 7 heteroatoms. The Morgan fingerprint density at radius 2 is 1.86 bits per heavy atom. The van der Waals surface area contributed by atoms with Gasteiger partial charge in [0.05, 0.1) is 31.8 Å². The predicted octanol–water partition coefficient (Wildman–Crippen LogP) is 4.78. The number of amides is 2. The molecule has 36 heavy (non-hydrogen) atoms. The zero-order chi connectivity index (χ0) is 25.5. The molecule has 1 aliphatic rings. The van der Waals surface area contributed by atoms with Crippen LogP contribution in [0.2, 0.25) is 0 Å². The van der Waals surface area contributed by atoms with E-state index in [0.717, 1.165) is 35.2 Å². The highest BCUT2D eigenvalue weighted by molar-refractivity contribution is 6.04. The lowest BCUT2D eigenvalue weighted by atomic mass is 9.97. The Balaban J connectivity index is 1.46. The van der Waals surface area contributed by atoms with Gasteiger partial charge in [-0.05, 0) is 62.1 Å². The number of rotatable bonds is 8. The molecule has 1 unspecified atom stereocenters. The van der Waals surface area contributed by atoms with Crippen molar-refractivity contribution in [1.29, 1.82) is 0 Å². The highest BCUT2D eigenvalue weighted by Crippen LogP contribution is 2.23. The van der Waals surface area contributed by atoms with Crippen LogP contribution in [0.5, 0.6) is 0 Å². The Morgan fingerprint density at radius 3 is 2.56 bits per heavy atom. The number of anilines is 1. The largest absolute Gasteiger partial charge is 0.466 e. The Morgan fingerprint density at radius 1 is 1.06 bits per heavy atom. The van der Waals surface area contributed by atoms with E-state index in [1.165, 1.54) is 6.26 Å². The van der Waals surface area contributed by atoms with E-state index in [1.54, 1.807) is 28.9 Å². The molecule has 1 atom stereocenters. The van der Waals surface area contributed by atoms with E-state index in [1.807, 2.05) is 49.4 Å². The van der Waals surface area contributed by atoms with E-state index in [0.29, 0.717) is 26.2 Å². The first kappa shape index (κ1) is 25.2.